The van der Waals surface area contributed by atoms with E-state index in [9.17, 15) is 0 Å². The standard InChI is InChI=1S/K.H3N.4H2O4S.2H2O.H/c;;4*1-5(2,3)4;;;/h;1H3;4*(H2,1,2,3,4);2*1H2;. The van der Waals surface area contributed by atoms with Crippen molar-refractivity contribution in [2.24, 2.45) is 0 Å². The van der Waals surface area contributed by atoms with E-state index < -0.39 is 41.6 Å². The van der Waals surface area contributed by atoms with Crippen LogP contribution >= 0.6 is 0 Å². The Morgan fingerprint density at radius 2 is 0.375 bits per heavy atom. The quantitative estimate of drug-likeness (QED) is 0.115. The molecule has 0 bridgehead atoms. The molecule has 0 aromatic heterocycles. The molecule has 0 saturated carbocycles. The first kappa shape index (κ1) is 49.8. The van der Waals surface area contributed by atoms with E-state index in [0.717, 1.165) is 0 Å². The van der Waals surface area contributed by atoms with Gasteiger partial charge in [0, 0.05) is 0 Å². The van der Waals surface area contributed by atoms with Crippen LogP contribution in [0.25, 0.3) is 0 Å². The fourth-order valence-corrected chi connectivity index (χ4v) is 0. The number of hydrogen-bond acceptors (Lipinski definition) is 9. The Labute approximate surface area is 178 Å². The molecule has 0 rings (SSSR count). The predicted octanol–water partition coefficient (Wildman–Crippen LogP) is -4.75. The van der Waals surface area contributed by atoms with E-state index in [1.54, 1.807) is 0 Å². The third kappa shape index (κ3) is 11200. The van der Waals surface area contributed by atoms with Crippen LogP contribution in [-0.2, 0) is 41.6 Å². The van der Waals surface area contributed by atoms with Crippen LogP contribution in [0.1, 0.15) is 0 Å². The molecular formula is H16KNO18S4. The molecule has 0 saturated heterocycles. The zero-order valence-electron chi connectivity index (χ0n) is 10.2. The molecule has 0 aliphatic carbocycles. The molecule has 0 aliphatic rings. The fourth-order valence-electron chi connectivity index (χ4n) is 0. The molecule has 0 unspecified atom stereocenters. The molecule has 0 aromatic rings. The van der Waals surface area contributed by atoms with Crippen LogP contribution in [0.5, 0.6) is 0 Å². The summed E-state index contributed by atoms with van der Waals surface area (Å²) in [4.78, 5) is 0. The predicted molar refractivity (Wildman–Crippen MR) is 76.1 cm³/mol. The molecule has 24 heavy (non-hydrogen) atoms. The Hall–Kier alpha value is 0.996. The van der Waals surface area contributed by atoms with E-state index in [4.69, 9.17) is 70.1 Å². The van der Waals surface area contributed by atoms with E-state index in [0.29, 0.717) is 0 Å². The molecule has 0 aromatic carbocycles. The monoisotopic (exact) mass is 485 g/mol. The van der Waals surface area contributed by atoms with Crippen molar-refractivity contribution in [3.05, 3.63) is 0 Å². The van der Waals surface area contributed by atoms with Gasteiger partial charge in [-0.3, -0.25) is 36.4 Å². The molecule has 19 nitrogen and oxygen atoms in total. The molecule has 0 spiro atoms. The first-order chi connectivity index (χ1) is 8.00. The summed E-state index contributed by atoms with van der Waals surface area (Å²) in [6.07, 6.45) is 0. The van der Waals surface area contributed by atoms with Crippen LogP contribution in [0.15, 0.2) is 0 Å². The summed E-state index contributed by atoms with van der Waals surface area (Å²) in [5.41, 5.74) is 0. The summed E-state index contributed by atoms with van der Waals surface area (Å²) in [7, 11) is -18.7. The molecule has 0 fully saturated rings. The maximum atomic E-state index is 8.74. The molecule has 0 amide bonds. The van der Waals surface area contributed by atoms with Gasteiger partial charge in [-0.1, -0.05) is 0 Å². The van der Waals surface area contributed by atoms with Crippen molar-refractivity contribution in [2.45, 2.75) is 0 Å². The molecule has 15 N–H and O–H groups in total. The Morgan fingerprint density at radius 1 is 0.375 bits per heavy atom. The SMILES string of the molecule is N.O.O.O=S(=O)(O)O.O=S(=O)(O)O.O=S(=O)(O)O.O=S(=O)(O)O.[KH]. The van der Waals surface area contributed by atoms with Crippen molar-refractivity contribution < 1.29 is 81.0 Å². The molecule has 24 heteroatoms. The number of rotatable bonds is 0. The van der Waals surface area contributed by atoms with Gasteiger partial charge in [-0.15, -0.1) is 0 Å². The average Bonchev–Trinajstić information content (AvgIpc) is 1.62. The summed E-state index contributed by atoms with van der Waals surface area (Å²) < 4.78 is 126. The van der Waals surface area contributed by atoms with Crippen LogP contribution in [0.2, 0.25) is 0 Å². The topological polar surface area (TPSA) is 396 Å². The minimum absolute atomic E-state index is 0. The molecular weight excluding hydrogens is 469 g/mol. The van der Waals surface area contributed by atoms with Gasteiger partial charge in [0.2, 0.25) is 0 Å². The molecule has 0 atom stereocenters. The van der Waals surface area contributed by atoms with Gasteiger partial charge in [0.15, 0.2) is 0 Å². The summed E-state index contributed by atoms with van der Waals surface area (Å²) in [6, 6.07) is 0. The summed E-state index contributed by atoms with van der Waals surface area (Å²) >= 11 is 0. The van der Waals surface area contributed by atoms with Crippen molar-refractivity contribution in [3.8, 4) is 0 Å². The Balaban J connectivity index is -0.0000000225. The van der Waals surface area contributed by atoms with E-state index in [1.807, 2.05) is 0 Å². The van der Waals surface area contributed by atoms with Gasteiger partial charge < -0.3 is 17.1 Å². The van der Waals surface area contributed by atoms with Gasteiger partial charge in [-0.2, -0.15) is 33.7 Å². The third-order valence-corrected chi connectivity index (χ3v) is 0. The van der Waals surface area contributed by atoms with E-state index in [-0.39, 0.29) is 68.5 Å². The first-order valence-electron chi connectivity index (χ1n) is 2.79. The Kier molecular flexibility index (Phi) is 42.2. The zero-order valence-corrected chi connectivity index (χ0v) is 13.4. The first-order valence-corrected chi connectivity index (χ1v) is 8.38. The van der Waals surface area contributed by atoms with Gasteiger partial charge in [0.1, 0.15) is 0 Å². The van der Waals surface area contributed by atoms with Crippen molar-refractivity contribution in [1.29, 1.82) is 0 Å². The van der Waals surface area contributed by atoms with E-state index in [2.05, 4.69) is 0 Å². The van der Waals surface area contributed by atoms with Gasteiger partial charge in [0.25, 0.3) is 0 Å². The minimum atomic E-state index is -4.67. The molecule has 0 aliphatic heterocycles. The van der Waals surface area contributed by atoms with Crippen molar-refractivity contribution >= 4 is 93.0 Å². The Bertz CT molecular complexity index is 480. The van der Waals surface area contributed by atoms with Crippen LogP contribution < -0.4 is 6.15 Å². The van der Waals surface area contributed by atoms with Gasteiger partial charge in [-0.05, 0) is 0 Å². The second kappa shape index (κ2) is 20.3. The van der Waals surface area contributed by atoms with Crippen LogP contribution in [0.4, 0.5) is 0 Å². The van der Waals surface area contributed by atoms with Gasteiger partial charge >= 0.3 is 93.0 Å². The number of hydrogen-bond donors (Lipinski definition) is 9. The normalized spacial score (nSPS) is 9.67. The molecule has 0 radical (unpaired) electrons. The molecule has 154 valence electrons. The fraction of sp³-hybridized carbons (Fsp3) is 0. The van der Waals surface area contributed by atoms with E-state index >= 15 is 0 Å². The van der Waals surface area contributed by atoms with Gasteiger partial charge in [0.05, 0.1) is 0 Å². The van der Waals surface area contributed by atoms with Crippen LogP contribution in [0, 0.1) is 0 Å². The summed E-state index contributed by atoms with van der Waals surface area (Å²) in [6.45, 7) is 0. The average molecular weight is 485 g/mol. The summed E-state index contributed by atoms with van der Waals surface area (Å²) in [5, 5.41) is 0. The Morgan fingerprint density at radius 3 is 0.375 bits per heavy atom. The summed E-state index contributed by atoms with van der Waals surface area (Å²) in [5.74, 6) is 0. The van der Waals surface area contributed by atoms with Crippen LogP contribution in [-0.4, -0.2) is 132 Å². The maximum absolute atomic E-state index is 8.74. The molecule has 0 heterocycles. The van der Waals surface area contributed by atoms with Gasteiger partial charge in [-0.25, -0.2) is 0 Å². The second-order valence-electron chi connectivity index (χ2n) is 1.79. The van der Waals surface area contributed by atoms with Crippen molar-refractivity contribution in [2.75, 3.05) is 0 Å². The zero-order chi connectivity index (χ0) is 18.0. The second-order valence-corrected chi connectivity index (χ2v) is 5.37. The van der Waals surface area contributed by atoms with Crippen molar-refractivity contribution in [1.82, 2.24) is 6.15 Å². The third-order valence-electron chi connectivity index (χ3n) is 0. The van der Waals surface area contributed by atoms with Crippen LogP contribution in [0.3, 0.4) is 0 Å². The van der Waals surface area contributed by atoms with Crippen molar-refractivity contribution in [3.63, 3.8) is 0 Å². The van der Waals surface area contributed by atoms with E-state index in [1.165, 1.54) is 0 Å².